The molecule has 2 heterocycles. The van der Waals surface area contributed by atoms with E-state index in [1.54, 1.807) is 24.3 Å². The largest absolute Gasteiger partial charge is 0.454 e. The van der Waals surface area contributed by atoms with Crippen molar-refractivity contribution in [1.82, 2.24) is 4.98 Å². The molecule has 0 bridgehead atoms. The van der Waals surface area contributed by atoms with E-state index in [4.69, 9.17) is 9.47 Å². The van der Waals surface area contributed by atoms with Gasteiger partial charge in [-0.15, -0.1) is 0 Å². The number of ether oxygens (including phenoxy) is 2. The van der Waals surface area contributed by atoms with Gasteiger partial charge in [0.1, 0.15) is 11.6 Å². The minimum atomic E-state index is -0.476. The number of aromatic nitrogens is 1. The Morgan fingerprint density at radius 1 is 1.00 bits per heavy atom. The Morgan fingerprint density at radius 2 is 1.82 bits per heavy atom. The Bertz CT molecular complexity index is 1070. The Balaban J connectivity index is 1.40. The number of carbonyl (C=O) groups is 1. The van der Waals surface area contributed by atoms with Gasteiger partial charge in [0.2, 0.25) is 6.79 Å². The summed E-state index contributed by atoms with van der Waals surface area (Å²) in [6.45, 7) is 0.215. The highest BCUT2D eigenvalue weighted by molar-refractivity contribution is 5.94. The normalized spacial score (nSPS) is 16.0. The standard InChI is InChI=1S/C23H18FNO3/c24-18-6-2-1-5-17(18)19-7-3-4-16(25-19)13-22(26)23(10-11-23)15-8-9-20-21(12-15)28-14-27-20/h1-9,12H,10-11,13-14H2. The van der Waals surface area contributed by atoms with Crippen molar-refractivity contribution in [2.24, 2.45) is 0 Å². The average molecular weight is 375 g/mol. The molecule has 0 amide bonds. The number of Topliss-reactive ketones (excluding diaryl/α,β-unsaturated/α-hetero) is 1. The first-order chi connectivity index (χ1) is 13.7. The molecule has 0 unspecified atom stereocenters. The lowest BCUT2D eigenvalue weighted by atomic mass is 9.88. The first-order valence-corrected chi connectivity index (χ1v) is 9.30. The van der Waals surface area contributed by atoms with Gasteiger partial charge in [-0.1, -0.05) is 24.3 Å². The molecule has 5 heteroatoms. The molecule has 0 spiro atoms. The summed E-state index contributed by atoms with van der Waals surface area (Å²) in [5.74, 6) is 1.21. The number of hydrogen-bond acceptors (Lipinski definition) is 4. The molecule has 2 aliphatic rings. The Labute approximate surface area is 161 Å². The van der Waals surface area contributed by atoms with Crippen molar-refractivity contribution in [2.75, 3.05) is 6.79 Å². The average Bonchev–Trinajstić information content (AvgIpc) is 3.40. The molecule has 4 nitrogen and oxygen atoms in total. The van der Waals surface area contributed by atoms with E-state index in [1.165, 1.54) is 6.07 Å². The maximum atomic E-state index is 14.1. The number of nitrogens with zero attached hydrogens (tertiary/aromatic N) is 1. The molecule has 28 heavy (non-hydrogen) atoms. The fraction of sp³-hybridized carbons (Fsp3) is 0.217. The molecule has 1 fully saturated rings. The van der Waals surface area contributed by atoms with E-state index in [9.17, 15) is 9.18 Å². The maximum absolute atomic E-state index is 14.1. The fourth-order valence-electron chi connectivity index (χ4n) is 3.78. The molecule has 2 aromatic carbocycles. The SMILES string of the molecule is O=C(Cc1cccc(-c2ccccc2F)n1)C1(c2ccc3c(c2)OCO3)CC1. The van der Waals surface area contributed by atoms with E-state index in [2.05, 4.69) is 4.98 Å². The van der Waals surface area contributed by atoms with Crippen LogP contribution in [0.5, 0.6) is 11.5 Å². The summed E-state index contributed by atoms with van der Waals surface area (Å²) in [6.07, 6.45) is 1.85. The quantitative estimate of drug-likeness (QED) is 0.661. The number of fused-ring (bicyclic) bond motifs is 1. The smallest absolute Gasteiger partial charge is 0.231 e. The molecular weight excluding hydrogens is 357 g/mol. The molecule has 1 saturated carbocycles. The number of carbonyl (C=O) groups excluding carboxylic acids is 1. The van der Waals surface area contributed by atoms with E-state index in [1.807, 2.05) is 30.3 Å². The van der Waals surface area contributed by atoms with Crippen LogP contribution in [0, 0.1) is 5.82 Å². The first kappa shape index (κ1) is 16.9. The Hall–Kier alpha value is -3.21. The van der Waals surface area contributed by atoms with Crippen molar-refractivity contribution in [3.63, 3.8) is 0 Å². The van der Waals surface area contributed by atoms with Gasteiger partial charge in [-0.25, -0.2) is 4.39 Å². The summed E-state index contributed by atoms with van der Waals surface area (Å²) in [6, 6.07) is 17.6. The zero-order valence-electron chi connectivity index (χ0n) is 15.2. The molecule has 140 valence electrons. The molecule has 0 radical (unpaired) electrons. The summed E-state index contributed by atoms with van der Waals surface area (Å²) in [5, 5.41) is 0. The predicted octanol–water partition coefficient (Wildman–Crippen LogP) is 4.46. The zero-order chi connectivity index (χ0) is 19.1. The van der Waals surface area contributed by atoms with Gasteiger partial charge in [0.05, 0.1) is 11.1 Å². The summed E-state index contributed by atoms with van der Waals surface area (Å²) in [7, 11) is 0. The van der Waals surface area contributed by atoms with Crippen molar-refractivity contribution in [3.8, 4) is 22.8 Å². The summed E-state index contributed by atoms with van der Waals surface area (Å²) >= 11 is 0. The molecule has 1 aromatic heterocycles. The van der Waals surface area contributed by atoms with E-state index in [-0.39, 0.29) is 24.8 Å². The molecule has 5 rings (SSSR count). The first-order valence-electron chi connectivity index (χ1n) is 9.30. The Kier molecular flexibility index (Phi) is 3.90. The van der Waals surface area contributed by atoms with Gasteiger partial charge in [0.25, 0.3) is 0 Å². The number of ketones is 1. The van der Waals surface area contributed by atoms with Crippen molar-refractivity contribution in [1.29, 1.82) is 0 Å². The van der Waals surface area contributed by atoms with Crippen molar-refractivity contribution in [3.05, 3.63) is 77.7 Å². The number of hydrogen-bond donors (Lipinski definition) is 0. The topological polar surface area (TPSA) is 48.4 Å². The van der Waals surface area contributed by atoms with Gasteiger partial charge in [-0.2, -0.15) is 0 Å². The van der Waals surface area contributed by atoms with E-state index >= 15 is 0 Å². The Morgan fingerprint density at radius 3 is 2.64 bits per heavy atom. The third kappa shape index (κ3) is 2.83. The number of benzene rings is 2. The van der Waals surface area contributed by atoms with Crippen LogP contribution in [0.4, 0.5) is 4.39 Å². The molecule has 1 aliphatic carbocycles. The number of rotatable bonds is 5. The molecule has 3 aromatic rings. The van der Waals surface area contributed by atoms with Crippen LogP contribution >= 0.6 is 0 Å². The van der Waals surface area contributed by atoms with Gasteiger partial charge in [0, 0.05) is 17.7 Å². The lowest BCUT2D eigenvalue weighted by Gasteiger charge is -2.15. The maximum Gasteiger partial charge on any atom is 0.231 e. The third-order valence-electron chi connectivity index (χ3n) is 5.51. The third-order valence-corrected chi connectivity index (χ3v) is 5.51. The number of pyridine rings is 1. The van der Waals surface area contributed by atoms with Crippen molar-refractivity contribution < 1.29 is 18.7 Å². The van der Waals surface area contributed by atoms with Gasteiger partial charge in [-0.05, 0) is 54.8 Å². The minimum absolute atomic E-state index is 0.129. The predicted molar refractivity (Wildman–Crippen MR) is 102 cm³/mol. The van der Waals surface area contributed by atoms with Crippen LogP contribution in [-0.2, 0) is 16.6 Å². The van der Waals surface area contributed by atoms with Crippen LogP contribution in [-0.4, -0.2) is 17.6 Å². The van der Waals surface area contributed by atoms with Gasteiger partial charge < -0.3 is 9.47 Å². The van der Waals surface area contributed by atoms with Gasteiger partial charge in [-0.3, -0.25) is 9.78 Å². The number of halogens is 1. The van der Waals surface area contributed by atoms with Crippen molar-refractivity contribution >= 4 is 5.78 Å². The fourth-order valence-corrected chi connectivity index (χ4v) is 3.78. The van der Waals surface area contributed by atoms with Crippen LogP contribution in [0.3, 0.4) is 0 Å². The summed E-state index contributed by atoms with van der Waals surface area (Å²) in [4.78, 5) is 17.7. The molecule has 1 aliphatic heterocycles. The lowest BCUT2D eigenvalue weighted by molar-refractivity contribution is -0.120. The van der Waals surface area contributed by atoms with Crippen LogP contribution in [0.2, 0.25) is 0 Å². The molecular formula is C23H18FNO3. The second-order valence-corrected chi connectivity index (χ2v) is 7.24. The van der Waals surface area contributed by atoms with Crippen LogP contribution < -0.4 is 9.47 Å². The second kappa shape index (κ2) is 6.44. The van der Waals surface area contributed by atoms with E-state index in [0.717, 1.165) is 18.4 Å². The molecule has 0 N–H and O–H groups in total. The van der Waals surface area contributed by atoms with E-state index in [0.29, 0.717) is 28.5 Å². The van der Waals surface area contributed by atoms with Gasteiger partial charge in [0.15, 0.2) is 11.5 Å². The zero-order valence-corrected chi connectivity index (χ0v) is 15.2. The minimum Gasteiger partial charge on any atom is -0.454 e. The monoisotopic (exact) mass is 375 g/mol. The molecule has 0 saturated heterocycles. The summed E-state index contributed by atoms with van der Waals surface area (Å²) in [5.41, 5.74) is 2.12. The van der Waals surface area contributed by atoms with Gasteiger partial charge >= 0.3 is 0 Å². The lowest BCUT2D eigenvalue weighted by Crippen LogP contribution is -2.23. The second-order valence-electron chi connectivity index (χ2n) is 7.24. The van der Waals surface area contributed by atoms with Crippen LogP contribution in [0.1, 0.15) is 24.1 Å². The van der Waals surface area contributed by atoms with Crippen LogP contribution in [0.25, 0.3) is 11.3 Å². The highest BCUT2D eigenvalue weighted by Crippen LogP contribution is 2.51. The van der Waals surface area contributed by atoms with Crippen molar-refractivity contribution in [2.45, 2.75) is 24.7 Å². The highest BCUT2D eigenvalue weighted by Gasteiger charge is 2.50. The summed E-state index contributed by atoms with van der Waals surface area (Å²) < 4.78 is 24.9. The highest BCUT2D eigenvalue weighted by atomic mass is 19.1. The molecule has 0 atom stereocenters. The van der Waals surface area contributed by atoms with Crippen LogP contribution in [0.15, 0.2) is 60.7 Å². The van der Waals surface area contributed by atoms with E-state index < -0.39 is 5.41 Å².